The van der Waals surface area contributed by atoms with Crippen molar-refractivity contribution in [3.05, 3.63) is 93.1 Å². The fourth-order valence-electron chi connectivity index (χ4n) is 5.28. The van der Waals surface area contributed by atoms with Crippen LogP contribution < -0.4 is 0 Å². The number of hydrogen-bond acceptors (Lipinski definition) is 8. The van der Waals surface area contributed by atoms with Gasteiger partial charge in [-0.05, 0) is 55.4 Å². The molecular formula is C31H32ClN3O5S. The average molecular weight is 594 g/mol. The van der Waals surface area contributed by atoms with Crippen LogP contribution in [-0.2, 0) is 30.5 Å². The number of amidine groups is 1. The Morgan fingerprint density at radius 3 is 2.41 bits per heavy atom. The highest BCUT2D eigenvalue weighted by molar-refractivity contribution is 8.16. The Bertz CT molecular complexity index is 1400. The normalized spacial score (nSPS) is 19.0. The molecule has 8 nitrogen and oxygen atoms in total. The second-order valence-corrected chi connectivity index (χ2v) is 11.4. The van der Waals surface area contributed by atoms with Crippen LogP contribution in [0.5, 0.6) is 0 Å². The number of carbonyl (C=O) groups excluding carboxylic acids is 3. The van der Waals surface area contributed by atoms with E-state index < -0.39 is 12.0 Å². The standard InChI is InChI=1S/C31H32ClN3O5S/c1-3-39-29(37)23-13-15-34(16-14-23)26(36)17-25-19-41-31-33-20(2)27(30(38)40-18-21-7-5-4-6-8-21)28(35(25)31)22-9-11-24(32)12-10-22/h4-12,19,23,28H,3,13-18H2,1-2H3. The van der Waals surface area contributed by atoms with E-state index in [1.54, 1.807) is 24.0 Å². The van der Waals surface area contributed by atoms with E-state index in [0.717, 1.165) is 16.8 Å². The molecule has 0 aromatic heterocycles. The van der Waals surface area contributed by atoms with Crippen LogP contribution in [0.1, 0.15) is 50.3 Å². The molecular weight excluding hydrogens is 562 g/mol. The van der Waals surface area contributed by atoms with E-state index in [0.29, 0.717) is 54.0 Å². The Balaban J connectivity index is 1.36. The summed E-state index contributed by atoms with van der Waals surface area (Å²) in [6.45, 7) is 5.10. The SMILES string of the molecule is CCOC(=O)C1CCN(C(=O)CC2=CSC3=NC(C)=C(C(=O)OCc4ccccc4)C(c4ccc(Cl)cc4)N23)CC1. The number of rotatable bonds is 8. The zero-order valence-corrected chi connectivity index (χ0v) is 24.6. The van der Waals surface area contributed by atoms with E-state index in [-0.39, 0.29) is 30.8 Å². The Labute approximate surface area is 249 Å². The summed E-state index contributed by atoms with van der Waals surface area (Å²) in [6, 6.07) is 16.3. The van der Waals surface area contributed by atoms with Gasteiger partial charge in [0, 0.05) is 23.8 Å². The Morgan fingerprint density at radius 1 is 1.02 bits per heavy atom. The van der Waals surface area contributed by atoms with Crippen molar-refractivity contribution in [3.63, 3.8) is 0 Å². The molecule has 0 N–H and O–H groups in total. The molecule has 0 radical (unpaired) electrons. The van der Waals surface area contributed by atoms with E-state index in [9.17, 15) is 14.4 Å². The van der Waals surface area contributed by atoms with Crippen LogP contribution in [0, 0.1) is 5.92 Å². The van der Waals surface area contributed by atoms with Crippen molar-refractivity contribution in [1.29, 1.82) is 0 Å². The minimum absolute atomic E-state index is 0.0326. The average Bonchev–Trinajstić information content (AvgIpc) is 3.38. The Kier molecular flexibility index (Phi) is 9.15. The summed E-state index contributed by atoms with van der Waals surface area (Å²) in [5.74, 6) is -0.858. The Morgan fingerprint density at radius 2 is 1.73 bits per heavy atom. The van der Waals surface area contributed by atoms with E-state index in [1.807, 2.05) is 59.7 Å². The number of amides is 1. The van der Waals surface area contributed by atoms with Crippen LogP contribution in [0.15, 0.2) is 82.0 Å². The lowest BCUT2D eigenvalue weighted by Crippen LogP contribution is -2.42. The molecule has 1 amide bonds. The highest BCUT2D eigenvalue weighted by Crippen LogP contribution is 2.45. The van der Waals surface area contributed by atoms with Gasteiger partial charge in [0.05, 0.1) is 36.3 Å². The molecule has 41 heavy (non-hydrogen) atoms. The van der Waals surface area contributed by atoms with Gasteiger partial charge >= 0.3 is 11.9 Å². The predicted molar refractivity (Wildman–Crippen MR) is 159 cm³/mol. The molecule has 3 aliphatic rings. The molecule has 5 rings (SSSR count). The molecule has 0 spiro atoms. The summed E-state index contributed by atoms with van der Waals surface area (Å²) in [5.41, 5.74) is 3.47. The first-order valence-corrected chi connectivity index (χ1v) is 15.0. The van der Waals surface area contributed by atoms with Crippen LogP contribution in [0.4, 0.5) is 0 Å². The van der Waals surface area contributed by atoms with Crippen molar-refractivity contribution in [2.24, 2.45) is 10.9 Å². The van der Waals surface area contributed by atoms with Crippen LogP contribution in [0.25, 0.3) is 0 Å². The van der Waals surface area contributed by atoms with Gasteiger partial charge in [-0.2, -0.15) is 0 Å². The van der Waals surface area contributed by atoms with Crippen molar-refractivity contribution in [2.45, 2.75) is 45.8 Å². The number of likely N-dealkylation sites (tertiary alicyclic amines) is 1. The summed E-state index contributed by atoms with van der Waals surface area (Å²) in [7, 11) is 0. The summed E-state index contributed by atoms with van der Waals surface area (Å²) in [6.07, 6.45) is 1.31. The number of esters is 2. The molecule has 214 valence electrons. The summed E-state index contributed by atoms with van der Waals surface area (Å²) < 4.78 is 10.9. The van der Waals surface area contributed by atoms with Gasteiger partial charge in [-0.15, -0.1) is 0 Å². The van der Waals surface area contributed by atoms with Gasteiger partial charge in [-0.25, -0.2) is 9.79 Å². The van der Waals surface area contributed by atoms with Crippen LogP contribution in [0.3, 0.4) is 0 Å². The van der Waals surface area contributed by atoms with Gasteiger partial charge in [0.1, 0.15) is 6.61 Å². The number of ether oxygens (including phenoxy) is 2. The maximum Gasteiger partial charge on any atom is 0.338 e. The molecule has 3 aliphatic heterocycles. The molecule has 2 aromatic carbocycles. The molecule has 3 heterocycles. The third kappa shape index (κ3) is 6.52. The van der Waals surface area contributed by atoms with Gasteiger partial charge in [-0.3, -0.25) is 9.59 Å². The molecule has 1 unspecified atom stereocenters. The molecule has 0 saturated carbocycles. The number of carbonyl (C=O) groups is 3. The number of piperidine rings is 1. The first kappa shape index (κ1) is 29.0. The fraction of sp³-hybridized carbons (Fsp3) is 0.355. The molecule has 2 aromatic rings. The van der Waals surface area contributed by atoms with Gasteiger partial charge in [-0.1, -0.05) is 65.8 Å². The van der Waals surface area contributed by atoms with Crippen molar-refractivity contribution in [2.75, 3.05) is 19.7 Å². The van der Waals surface area contributed by atoms with Gasteiger partial charge in [0.2, 0.25) is 5.91 Å². The summed E-state index contributed by atoms with van der Waals surface area (Å²) in [5, 5.41) is 3.21. The van der Waals surface area contributed by atoms with Gasteiger partial charge in [0.15, 0.2) is 5.17 Å². The van der Waals surface area contributed by atoms with E-state index >= 15 is 0 Å². The molecule has 1 saturated heterocycles. The second-order valence-electron chi connectivity index (χ2n) is 10.1. The minimum Gasteiger partial charge on any atom is -0.466 e. The summed E-state index contributed by atoms with van der Waals surface area (Å²) >= 11 is 7.63. The highest BCUT2D eigenvalue weighted by atomic mass is 35.5. The number of fused-ring (bicyclic) bond motifs is 1. The highest BCUT2D eigenvalue weighted by Gasteiger charge is 2.41. The van der Waals surface area contributed by atoms with E-state index in [2.05, 4.69) is 0 Å². The maximum absolute atomic E-state index is 13.6. The van der Waals surface area contributed by atoms with E-state index in [4.69, 9.17) is 26.1 Å². The van der Waals surface area contributed by atoms with Crippen LogP contribution in [0.2, 0.25) is 5.02 Å². The van der Waals surface area contributed by atoms with Crippen molar-refractivity contribution < 1.29 is 23.9 Å². The largest absolute Gasteiger partial charge is 0.466 e. The Hall–Kier alpha value is -3.56. The maximum atomic E-state index is 13.6. The second kappa shape index (κ2) is 13.0. The third-order valence-corrected chi connectivity index (χ3v) is 8.56. The lowest BCUT2D eigenvalue weighted by molar-refractivity contribution is -0.151. The number of hydrogen-bond donors (Lipinski definition) is 0. The number of nitrogens with zero attached hydrogens (tertiary/aromatic N) is 3. The smallest absolute Gasteiger partial charge is 0.338 e. The van der Waals surface area contributed by atoms with Crippen LogP contribution >= 0.6 is 23.4 Å². The number of benzene rings is 2. The third-order valence-electron chi connectivity index (χ3n) is 7.42. The van der Waals surface area contributed by atoms with Crippen molar-refractivity contribution in [1.82, 2.24) is 9.80 Å². The number of thioether (sulfide) groups is 1. The van der Waals surface area contributed by atoms with Crippen LogP contribution in [-0.4, -0.2) is 52.5 Å². The van der Waals surface area contributed by atoms with Gasteiger partial charge in [0.25, 0.3) is 0 Å². The van der Waals surface area contributed by atoms with Crippen molar-refractivity contribution >= 4 is 46.4 Å². The molecule has 0 bridgehead atoms. The number of aliphatic imine (C=N–C) groups is 1. The number of allylic oxidation sites excluding steroid dienone is 1. The lowest BCUT2D eigenvalue weighted by atomic mass is 9.93. The zero-order valence-electron chi connectivity index (χ0n) is 23.0. The van der Waals surface area contributed by atoms with Crippen molar-refractivity contribution in [3.8, 4) is 0 Å². The molecule has 1 atom stereocenters. The summed E-state index contributed by atoms with van der Waals surface area (Å²) in [4.78, 5) is 47.7. The first-order chi connectivity index (χ1) is 19.9. The molecule has 10 heteroatoms. The number of halogens is 1. The molecule has 1 fully saturated rings. The van der Waals surface area contributed by atoms with E-state index in [1.165, 1.54) is 11.8 Å². The lowest BCUT2D eigenvalue weighted by Gasteiger charge is -2.37. The van der Waals surface area contributed by atoms with Gasteiger partial charge < -0.3 is 19.3 Å². The topological polar surface area (TPSA) is 88.5 Å². The monoisotopic (exact) mass is 593 g/mol. The quantitative estimate of drug-likeness (QED) is 0.355. The zero-order chi connectivity index (χ0) is 28.9. The minimum atomic E-state index is -0.536. The molecule has 0 aliphatic carbocycles. The predicted octanol–water partition coefficient (Wildman–Crippen LogP) is 5.85. The first-order valence-electron chi connectivity index (χ1n) is 13.7. The fourth-order valence-corrected chi connectivity index (χ4v) is 6.37.